The molecule has 2 aromatic rings. The van der Waals surface area contributed by atoms with Crippen molar-refractivity contribution in [3.63, 3.8) is 0 Å². The van der Waals surface area contributed by atoms with Gasteiger partial charge in [0.25, 0.3) is 0 Å². The van der Waals surface area contributed by atoms with E-state index < -0.39 is 0 Å². The topological polar surface area (TPSA) is 54.0 Å². The third-order valence-corrected chi connectivity index (χ3v) is 3.79. The van der Waals surface area contributed by atoms with Gasteiger partial charge in [-0.05, 0) is 42.1 Å². The molecule has 3 rings (SSSR count). The van der Waals surface area contributed by atoms with Gasteiger partial charge >= 0.3 is 0 Å². The molecule has 108 valence electrons. The molecule has 0 bridgehead atoms. The summed E-state index contributed by atoms with van der Waals surface area (Å²) in [5.74, 6) is 0.101. The number of benzene rings is 1. The maximum atomic E-state index is 11.9. The number of pyridine rings is 1. The van der Waals surface area contributed by atoms with Crippen molar-refractivity contribution in [2.45, 2.75) is 25.4 Å². The van der Waals surface area contributed by atoms with E-state index in [0.29, 0.717) is 6.54 Å². The predicted octanol–water partition coefficient (Wildman–Crippen LogP) is 2.12. The zero-order chi connectivity index (χ0) is 14.5. The molecule has 2 N–H and O–H groups in total. The molecule has 1 aliphatic rings. The molecule has 0 radical (unpaired) electrons. The standard InChI is InChI=1S/C17H19N3O/c21-17(16-4-2-10-19-16)20-11-13-5-7-14(8-6-13)15-3-1-9-18-12-15/h1,3,5-9,12,16,19H,2,4,10-11H2,(H,20,21). The van der Waals surface area contributed by atoms with Gasteiger partial charge in [-0.1, -0.05) is 30.3 Å². The van der Waals surface area contributed by atoms with Crippen molar-refractivity contribution in [2.24, 2.45) is 0 Å². The van der Waals surface area contributed by atoms with Gasteiger partial charge in [-0.15, -0.1) is 0 Å². The Labute approximate surface area is 124 Å². The molecule has 4 heteroatoms. The highest BCUT2D eigenvalue weighted by Gasteiger charge is 2.21. The SMILES string of the molecule is O=C(NCc1ccc(-c2cccnc2)cc1)C1CCCN1. The van der Waals surface area contributed by atoms with Gasteiger partial charge in [-0.3, -0.25) is 9.78 Å². The molecule has 21 heavy (non-hydrogen) atoms. The molecular formula is C17H19N3O. The highest BCUT2D eigenvalue weighted by atomic mass is 16.2. The average molecular weight is 281 g/mol. The minimum atomic E-state index is -0.0142. The van der Waals surface area contributed by atoms with Crippen molar-refractivity contribution in [1.82, 2.24) is 15.6 Å². The zero-order valence-electron chi connectivity index (χ0n) is 11.9. The van der Waals surface area contributed by atoms with E-state index in [-0.39, 0.29) is 11.9 Å². The molecule has 2 heterocycles. The molecular weight excluding hydrogens is 262 g/mol. The van der Waals surface area contributed by atoms with E-state index >= 15 is 0 Å². The van der Waals surface area contributed by atoms with Crippen molar-refractivity contribution >= 4 is 5.91 Å². The second-order valence-electron chi connectivity index (χ2n) is 5.31. The molecule has 1 aliphatic heterocycles. The third kappa shape index (κ3) is 3.47. The first-order valence-electron chi connectivity index (χ1n) is 7.33. The Morgan fingerprint density at radius 1 is 1.24 bits per heavy atom. The van der Waals surface area contributed by atoms with Crippen LogP contribution in [0.25, 0.3) is 11.1 Å². The number of nitrogens with zero attached hydrogens (tertiary/aromatic N) is 1. The van der Waals surface area contributed by atoms with Gasteiger partial charge in [0.2, 0.25) is 5.91 Å². The summed E-state index contributed by atoms with van der Waals surface area (Å²) in [7, 11) is 0. The summed E-state index contributed by atoms with van der Waals surface area (Å²) < 4.78 is 0. The van der Waals surface area contributed by atoms with Crippen molar-refractivity contribution in [3.05, 3.63) is 54.4 Å². The average Bonchev–Trinajstić information content (AvgIpc) is 3.08. The van der Waals surface area contributed by atoms with Crippen molar-refractivity contribution in [2.75, 3.05) is 6.54 Å². The first-order valence-corrected chi connectivity index (χ1v) is 7.33. The Bertz CT molecular complexity index is 589. The van der Waals surface area contributed by atoms with Crippen molar-refractivity contribution in [3.8, 4) is 11.1 Å². The van der Waals surface area contributed by atoms with Gasteiger partial charge < -0.3 is 10.6 Å². The summed E-state index contributed by atoms with van der Waals surface area (Å²) in [6.45, 7) is 1.52. The molecule has 1 saturated heterocycles. The molecule has 1 aromatic heterocycles. The summed E-state index contributed by atoms with van der Waals surface area (Å²) in [6.07, 6.45) is 5.64. The molecule has 1 unspecified atom stereocenters. The van der Waals surface area contributed by atoms with Crippen LogP contribution in [0.15, 0.2) is 48.8 Å². The molecule has 4 nitrogen and oxygen atoms in total. The van der Waals surface area contributed by atoms with Crippen LogP contribution in [0.2, 0.25) is 0 Å². The van der Waals surface area contributed by atoms with E-state index in [4.69, 9.17) is 0 Å². The minimum absolute atomic E-state index is 0.0142. The fourth-order valence-corrected chi connectivity index (χ4v) is 2.57. The van der Waals surface area contributed by atoms with Crippen LogP contribution in [0.1, 0.15) is 18.4 Å². The van der Waals surface area contributed by atoms with Crippen molar-refractivity contribution in [1.29, 1.82) is 0 Å². The Morgan fingerprint density at radius 3 is 2.76 bits per heavy atom. The normalized spacial score (nSPS) is 17.6. The molecule has 1 amide bonds. The van der Waals surface area contributed by atoms with Gasteiger partial charge in [-0.2, -0.15) is 0 Å². The van der Waals surface area contributed by atoms with Gasteiger partial charge in [-0.25, -0.2) is 0 Å². The Morgan fingerprint density at radius 2 is 2.10 bits per heavy atom. The highest BCUT2D eigenvalue weighted by molar-refractivity contribution is 5.82. The first-order chi connectivity index (χ1) is 10.3. The third-order valence-electron chi connectivity index (χ3n) is 3.79. The Hall–Kier alpha value is -2.20. The summed E-state index contributed by atoms with van der Waals surface area (Å²) in [5, 5.41) is 6.19. The second-order valence-corrected chi connectivity index (χ2v) is 5.31. The number of carbonyl (C=O) groups is 1. The highest BCUT2D eigenvalue weighted by Crippen LogP contribution is 2.18. The van der Waals surface area contributed by atoms with E-state index in [0.717, 1.165) is 36.1 Å². The van der Waals surface area contributed by atoms with Gasteiger partial charge in [0.05, 0.1) is 6.04 Å². The number of aromatic nitrogens is 1. The quantitative estimate of drug-likeness (QED) is 0.902. The van der Waals surface area contributed by atoms with Crippen LogP contribution in [0.4, 0.5) is 0 Å². The maximum Gasteiger partial charge on any atom is 0.237 e. The van der Waals surface area contributed by atoms with E-state index in [1.54, 1.807) is 6.20 Å². The molecule has 0 saturated carbocycles. The van der Waals surface area contributed by atoms with Gasteiger partial charge in [0.1, 0.15) is 0 Å². The number of hydrogen-bond donors (Lipinski definition) is 2. The summed E-state index contributed by atoms with van der Waals surface area (Å²) in [4.78, 5) is 16.0. The van der Waals surface area contributed by atoms with Crippen LogP contribution < -0.4 is 10.6 Å². The lowest BCUT2D eigenvalue weighted by atomic mass is 10.1. The fourth-order valence-electron chi connectivity index (χ4n) is 2.57. The maximum absolute atomic E-state index is 11.9. The lowest BCUT2D eigenvalue weighted by Gasteiger charge is -2.11. The molecule has 0 spiro atoms. The Balaban J connectivity index is 1.58. The molecule has 1 aromatic carbocycles. The lowest BCUT2D eigenvalue weighted by molar-refractivity contribution is -0.122. The van der Waals surface area contributed by atoms with E-state index in [2.05, 4.69) is 27.8 Å². The molecule has 1 fully saturated rings. The smallest absolute Gasteiger partial charge is 0.237 e. The molecule has 0 aliphatic carbocycles. The summed E-state index contributed by atoms with van der Waals surface area (Å²) >= 11 is 0. The second kappa shape index (κ2) is 6.50. The Kier molecular flexibility index (Phi) is 4.26. The van der Waals surface area contributed by atoms with E-state index in [1.165, 1.54) is 0 Å². The largest absolute Gasteiger partial charge is 0.351 e. The monoisotopic (exact) mass is 281 g/mol. The van der Waals surface area contributed by atoms with Crippen LogP contribution in [-0.4, -0.2) is 23.5 Å². The van der Waals surface area contributed by atoms with Gasteiger partial charge in [0.15, 0.2) is 0 Å². The van der Waals surface area contributed by atoms with Gasteiger partial charge in [0, 0.05) is 18.9 Å². The van der Waals surface area contributed by atoms with Crippen LogP contribution in [0.3, 0.4) is 0 Å². The lowest BCUT2D eigenvalue weighted by Crippen LogP contribution is -2.39. The van der Waals surface area contributed by atoms with E-state index in [9.17, 15) is 4.79 Å². The van der Waals surface area contributed by atoms with Crippen LogP contribution >= 0.6 is 0 Å². The number of carbonyl (C=O) groups excluding carboxylic acids is 1. The minimum Gasteiger partial charge on any atom is -0.351 e. The zero-order valence-corrected chi connectivity index (χ0v) is 11.9. The summed E-state index contributed by atoms with van der Waals surface area (Å²) in [5.41, 5.74) is 3.34. The number of nitrogens with one attached hydrogen (secondary N) is 2. The fraction of sp³-hybridized carbons (Fsp3) is 0.294. The predicted molar refractivity (Wildman–Crippen MR) is 82.5 cm³/mol. The summed E-state index contributed by atoms with van der Waals surface area (Å²) in [6, 6.07) is 12.2. The van der Waals surface area contributed by atoms with Crippen LogP contribution in [0.5, 0.6) is 0 Å². The molecule has 1 atom stereocenters. The van der Waals surface area contributed by atoms with Crippen LogP contribution in [0, 0.1) is 0 Å². The first kappa shape index (κ1) is 13.8. The van der Waals surface area contributed by atoms with E-state index in [1.807, 2.05) is 30.5 Å². The van der Waals surface area contributed by atoms with Crippen LogP contribution in [-0.2, 0) is 11.3 Å². The number of rotatable bonds is 4. The number of hydrogen-bond acceptors (Lipinski definition) is 3. The van der Waals surface area contributed by atoms with Crippen molar-refractivity contribution < 1.29 is 4.79 Å². The number of amides is 1.